The van der Waals surface area contributed by atoms with Crippen LogP contribution >= 0.6 is 0 Å². The number of aryl methyl sites for hydroxylation is 2. The molecule has 4 rings (SSSR count). The van der Waals surface area contributed by atoms with E-state index in [0.717, 1.165) is 12.1 Å². The minimum absolute atomic E-state index is 0.0186. The summed E-state index contributed by atoms with van der Waals surface area (Å²) in [6, 6.07) is 8.41. The van der Waals surface area contributed by atoms with E-state index in [1.165, 1.54) is 58.9 Å². The van der Waals surface area contributed by atoms with E-state index in [2.05, 4.69) is 16.0 Å². The van der Waals surface area contributed by atoms with Crippen molar-refractivity contribution in [3.8, 4) is 0 Å². The summed E-state index contributed by atoms with van der Waals surface area (Å²) in [7, 11) is -6.66. The predicted molar refractivity (Wildman–Crippen MR) is 151 cm³/mol. The van der Waals surface area contributed by atoms with Gasteiger partial charge in [-0.1, -0.05) is 18.2 Å². The lowest BCUT2D eigenvalue weighted by Gasteiger charge is -2.13. The first-order valence-electron chi connectivity index (χ1n) is 12.0. The average Bonchev–Trinajstić information content (AvgIpc) is 3.43. The minimum Gasteiger partial charge on any atom is -0.450 e. The summed E-state index contributed by atoms with van der Waals surface area (Å²) in [5.41, 5.74) is 0.326. The molecule has 2 aromatic carbocycles. The summed E-state index contributed by atoms with van der Waals surface area (Å²) >= 11 is 0. The number of anilines is 3. The Kier molecular flexibility index (Phi) is 8.13. The van der Waals surface area contributed by atoms with E-state index in [1.807, 2.05) is 0 Å². The minimum atomic E-state index is -5.01. The molecular formula is C25H25N5O10S2. The Bertz CT molecular complexity index is 1960. The van der Waals surface area contributed by atoms with Crippen molar-refractivity contribution in [2.75, 3.05) is 22.6 Å². The molecule has 0 radical (unpaired) electrons. The number of aromatic nitrogens is 2. The molecule has 3 amide bonds. The van der Waals surface area contributed by atoms with Crippen molar-refractivity contribution < 1.29 is 45.1 Å². The number of benzene rings is 2. The molecule has 2 heterocycles. The van der Waals surface area contributed by atoms with Gasteiger partial charge in [-0.15, -0.1) is 0 Å². The van der Waals surface area contributed by atoms with Crippen molar-refractivity contribution in [1.82, 2.24) is 9.13 Å². The second kappa shape index (κ2) is 11.3. The van der Waals surface area contributed by atoms with E-state index < -0.39 is 47.9 Å². The molecule has 4 aromatic rings. The van der Waals surface area contributed by atoms with Gasteiger partial charge in [0.15, 0.2) is 0 Å². The van der Waals surface area contributed by atoms with E-state index in [9.17, 15) is 40.3 Å². The number of carbonyl (C=O) groups is 3. The molecule has 0 saturated carbocycles. The second-order valence-electron chi connectivity index (χ2n) is 8.95. The molecule has 0 spiro atoms. The smallest absolute Gasteiger partial charge is 0.411 e. The second-order valence-corrected chi connectivity index (χ2v) is 11.7. The lowest BCUT2D eigenvalue weighted by Crippen LogP contribution is -2.17. The highest BCUT2D eigenvalue weighted by Crippen LogP contribution is 2.34. The quantitative estimate of drug-likeness (QED) is 0.182. The normalized spacial score (nSPS) is 11.7. The fraction of sp³-hybridized carbons (Fsp3) is 0.160. The molecule has 0 aliphatic rings. The fourth-order valence-electron chi connectivity index (χ4n) is 4.29. The van der Waals surface area contributed by atoms with Crippen LogP contribution in [0.25, 0.3) is 10.8 Å². The maximum Gasteiger partial charge on any atom is 0.411 e. The third kappa shape index (κ3) is 6.28. The zero-order chi connectivity index (χ0) is 31.0. The van der Waals surface area contributed by atoms with Crippen LogP contribution in [0.15, 0.2) is 64.6 Å². The van der Waals surface area contributed by atoms with Gasteiger partial charge < -0.3 is 24.5 Å². The molecule has 0 saturated heterocycles. The summed E-state index contributed by atoms with van der Waals surface area (Å²) in [6.07, 6.45) is 2.25. The molecule has 15 nitrogen and oxygen atoms in total. The average molecular weight is 620 g/mol. The van der Waals surface area contributed by atoms with Gasteiger partial charge in [-0.05, 0) is 31.2 Å². The van der Waals surface area contributed by atoms with Gasteiger partial charge >= 0.3 is 6.09 Å². The Hall–Kier alpha value is -4.71. The molecule has 0 bridgehead atoms. The Morgan fingerprint density at radius 1 is 0.786 bits per heavy atom. The standard InChI is InChI=1S/C25H25N5O10S2/c1-4-40-25(33)27-15-11-19(30(3)13-15)23(31)26-14-10-20(29(2)12-14)24(32)28-18-9-8-16-17(22(18)42(37,38)39)6-5-7-21(16)41(34,35)36/h5-13H,4H2,1-3H3,(H,26,31)(H,27,33)(H,28,32)(H,34,35,36)(H,37,38,39). The first kappa shape index (κ1) is 30.3. The molecule has 17 heteroatoms. The maximum absolute atomic E-state index is 13.1. The van der Waals surface area contributed by atoms with Crippen LogP contribution in [-0.2, 0) is 39.1 Å². The highest BCUT2D eigenvalue weighted by molar-refractivity contribution is 7.86. The Labute approximate surface area is 239 Å². The Morgan fingerprint density at radius 2 is 1.36 bits per heavy atom. The molecule has 222 valence electrons. The van der Waals surface area contributed by atoms with Crippen LogP contribution in [0.1, 0.15) is 27.9 Å². The summed E-state index contributed by atoms with van der Waals surface area (Å²) in [4.78, 5) is 36.3. The Morgan fingerprint density at radius 3 is 1.90 bits per heavy atom. The number of hydrogen-bond acceptors (Lipinski definition) is 8. The first-order valence-corrected chi connectivity index (χ1v) is 14.9. The molecule has 0 atom stereocenters. The van der Waals surface area contributed by atoms with Gasteiger partial charge in [0.25, 0.3) is 32.1 Å². The summed E-state index contributed by atoms with van der Waals surface area (Å²) in [5.74, 6) is -1.39. The first-order chi connectivity index (χ1) is 19.6. The monoisotopic (exact) mass is 619 g/mol. The summed E-state index contributed by atoms with van der Waals surface area (Å²) in [6.45, 7) is 1.82. The van der Waals surface area contributed by atoms with Crippen LogP contribution in [0.3, 0.4) is 0 Å². The zero-order valence-electron chi connectivity index (χ0n) is 22.3. The predicted octanol–water partition coefficient (Wildman–Crippen LogP) is 3.08. The van der Waals surface area contributed by atoms with Gasteiger partial charge in [0.2, 0.25) is 0 Å². The van der Waals surface area contributed by atoms with Crippen molar-refractivity contribution in [3.63, 3.8) is 0 Å². The van der Waals surface area contributed by atoms with Gasteiger partial charge in [0, 0.05) is 37.3 Å². The van der Waals surface area contributed by atoms with Gasteiger partial charge in [0.05, 0.1) is 23.7 Å². The van der Waals surface area contributed by atoms with Crippen molar-refractivity contribution in [2.24, 2.45) is 14.1 Å². The number of fused-ring (bicyclic) bond motifs is 1. The third-order valence-electron chi connectivity index (χ3n) is 6.01. The molecule has 0 aliphatic heterocycles. The maximum atomic E-state index is 13.1. The van der Waals surface area contributed by atoms with Crippen LogP contribution in [-0.4, -0.2) is 59.6 Å². The highest BCUT2D eigenvalue weighted by atomic mass is 32.2. The van der Waals surface area contributed by atoms with Crippen molar-refractivity contribution >= 4 is 66.0 Å². The van der Waals surface area contributed by atoms with Crippen molar-refractivity contribution in [1.29, 1.82) is 0 Å². The van der Waals surface area contributed by atoms with Gasteiger partial charge in [-0.2, -0.15) is 16.8 Å². The van der Waals surface area contributed by atoms with Gasteiger partial charge in [-0.3, -0.25) is 24.0 Å². The van der Waals surface area contributed by atoms with E-state index in [1.54, 1.807) is 14.0 Å². The molecule has 0 fully saturated rings. The van der Waals surface area contributed by atoms with E-state index in [0.29, 0.717) is 5.69 Å². The van der Waals surface area contributed by atoms with E-state index in [4.69, 9.17) is 4.74 Å². The van der Waals surface area contributed by atoms with Crippen molar-refractivity contribution in [3.05, 3.63) is 66.2 Å². The number of amides is 3. The van der Waals surface area contributed by atoms with Gasteiger partial charge in [-0.25, -0.2) is 4.79 Å². The SMILES string of the molecule is CCOC(=O)Nc1cc(C(=O)Nc2cc(C(=O)Nc3ccc4c(S(=O)(=O)O)cccc4c3S(=O)(=O)O)n(C)c2)n(C)c1. The van der Waals surface area contributed by atoms with Crippen LogP contribution in [0, 0.1) is 0 Å². The number of rotatable bonds is 8. The topological polar surface area (TPSA) is 215 Å². The highest BCUT2D eigenvalue weighted by Gasteiger charge is 2.25. The molecular weight excluding hydrogens is 594 g/mol. The molecule has 2 aromatic heterocycles. The number of nitrogens with zero attached hydrogens (tertiary/aromatic N) is 2. The van der Waals surface area contributed by atoms with E-state index >= 15 is 0 Å². The number of ether oxygens (including phenoxy) is 1. The zero-order valence-corrected chi connectivity index (χ0v) is 23.9. The van der Waals surface area contributed by atoms with Crippen LogP contribution in [0.4, 0.5) is 21.9 Å². The van der Waals surface area contributed by atoms with E-state index in [-0.39, 0.29) is 40.1 Å². The molecule has 0 unspecified atom stereocenters. The molecule has 5 N–H and O–H groups in total. The van der Waals surface area contributed by atoms with Crippen LogP contribution < -0.4 is 16.0 Å². The molecule has 42 heavy (non-hydrogen) atoms. The fourth-order valence-corrected chi connectivity index (χ4v) is 5.85. The third-order valence-corrected chi connectivity index (χ3v) is 7.88. The number of carbonyl (C=O) groups excluding carboxylic acids is 3. The van der Waals surface area contributed by atoms with Gasteiger partial charge in [0.1, 0.15) is 21.2 Å². The van der Waals surface area contributed by atoms with Crippen LogP contribution in [0.5, 0.6) is 0 Å². The Balaban J connectivity index is 1.60. The van der Waals surface area contributed by atoms with Crippen molar-refractivity contribution in [2.45, 2.75) is 16.7 Å². The largest absolute Gasteiger partial charge is 0.450 e. The number of nitrogens with one attached hydrogen (secondary N) is 3. The lowest BCUT2D eigenvalue weighted by atomic mass is 10.1. The summed E-state index contributed by atoms with van der Waals surface area (Å²) < 4.78 is 75.2. The molecule has 0 aliphatic carbocycles. The summed E-state index contributed by atoms with van der Waals surface area (Å²) in [5, 5.41) is 7.04. The van der Waals surface area contributed by atoms with Crippen LogP contribution in [0.2, 0.25) is 0 Å². The lowest BCUT2D eigenvalue weighted by molar-refractivity contribution is 0.101. The number of hydrogen-bond donors (Lipinski definition) is 5.